The van der Waals surface area contributed by atoms with Gasteiger partial charge >= 0.3 is 6.03 Å². The van der Waals surface area contributed by atoms with Crippen molar-refractivity contribution < 1.29 is 9.90 Å². The maximum Gasteiger partial charge on any atom is 0.315 e. The Hall–Kier alpha value is -1.92. The molecule has 24 heavy (non-hydrogen) atoms. The van der Waals surface area contributed by atoms with E-state index in [0.717, 1.165) is 35.4 Å². The zero-order valence-corrected chi connectivity index (χ0v) is 14.6. The molecule has 2 aromatic rings. The summed E-state index contributed by atoms with van der Waals surface area (Å²) in [5.74, 6) is 0.521. The van der Waals surface area contributed by atoms with Crippen molar-refractivity contribution in [3.8, 4) is 0 Å². The third kappa shape index (κ3) is 4.55. The van der Waals surface area contributed by atoms with Gasteiger partial charge in [-0.25, -0.2) is 9.78 Å². The molecule has 3 N–H and O–H groups in total. The first-order chi connectivity index (χ1) is 11.7. The zero-order chi connectivity index (χ0) is 16.9. The summed E-state index contributed by atoms with van der Waals surface area (Å²) in [4.78, 5) is 17.8. The number of urea groups is 1. The van der Waals surface area contributed by atoms with Crippen molar-refractivity contribution in [3.63, 3.8) is 0 Å². The fourth-order valence-electron chi connectivity index (χ4n) is 2.65. The van der Waals surface area contributed by atoms with Gasteiger partial charge in [0.2, 0.25) is 0 Å². The number of aryl methyl sites for hydroxylation is 1. The summed E-state index contributed by atoms with van der Waals surface area (Å²) in [6.07, 6.45) is 4.94. The van der Waals surface area contributed by atoms with E-state index in [4.69, 9.17) is 5.11 Å². The molecule has 2 amide bonds. The minimum atomic E-state index is -0.133. The van der Waals surface area contributed by atoms with Crippen molar-refractivity contribution in [2.75, 3.05) is 6.54 Å². The second-order valence-electron chi connectivity index (χ2n) is 6.25. The molecule has 1 unspecified atom stereocenters. The number of rotatable bonds is 7. The molecule has 1 aromatic carbocycles. The second kappa shape index (κ2) is 7.77. The molecular formula is C18H23N3O2S. The van der Waals surface area contributed by atoms with Crippen molar-refractivity contribution in [3.05, 3.63) is 51.5 Å². The molecule has 0 spiro atoms. The van der Waals surface area contributed by atoms with E-state index >= 15 is 0 Å². The van der Waals surface area contributed by atoms with Crippen LogP contribution in [0.15, 0.2) is 30.5 Å². The molecule has 1 fully saturated rings. The van der Waals surface area contributed by atoms with Crippen LogP contribution in [0.1, 0.15) is 39.9 Å². The molecule has 5 nitrogen and oxygen atoms in total. The standard InChI is InChI=1S/C18H23N3O2S/c1-12-10-20-17(24-12)16(15-6-7-15)21-18(23)19-9-8-13-2-4-14(11-22)5-3-13/h2-5,10,15-16,22H,6-9,11H2,1H3,(H2,19,21,23). The number of thiazole rings is 1. The monoisotopic (exact) mass is 345 g/mol. The molecule has 1 aliphatic carbocycles. The Bertz CT molecular complexity index is 680. The molecular weight excluding hydrogens is 322 g/mol. The number of benzene rings is 1. The van der Waals surface area contributed by atoms with Gasteiger partial charge in [0.1, 0.15) is 5.01 Å². The van der Waals surface area contributed by atoms with Gasteiger partial charge in [0.05, 0.1) is 12.6 Å². The summed E-state index contributed by atoms with van der Waals surface area (Å²) in [5, 5.41) is 16.0. The van der Waals surface area contributed by atoms with Gasteiger partial charge in [-0.1, -0.05) is 24.3 Å². The van der Waals surface area contributed by atoms with E-state index in [9.17, 15) is 4.79 Å². The Morgan fingerprint density at radius 1 is 1.33 bits per heavy atom. The summed E-state index contributed by atoms with van der Waals surface area (Å²) >= 11 is 1.66. The van der Waals surface area contributed by atoms with Crippen molar-refractivity contribution in [2.24, 2.45) is 5.92 Å². The van der Waals surface area contributed by atoms with E-state index in [0.29, 0.717) is 12.5 Å². The number of aliphatic hydroxyl groups is 1. The number of hydrogen-bond donors (Lipinski definition) is 3. The van der Waals surface area contributed by atoms with Gasteiger partial charge in [-0.15, -0.1) is 11.3 Å². The lowest BCUT2D eigenvalue weighted by atomic mass is 10.1. The van der Waals surface area contributed by atoms with Crippen molar-refractivity contribution >= 4 is 17.4 Å². The van der Waals surface area contributed by atoms with Crippen molar-refractivity contribution in [1.29, 1.82) is 0 Å². The van der Waals surface area contributed by atoms with E-state index in [1.807, 2.05) is 37.4 Å². The highest BCUT2D eigenvalue weighted by atomic mass is 32.1. The smallest absolute Gasteiger partial charge is 0.315 e. The van der Waals surface area contributed by atoms with Crippen LogP contribution in [0.5, 0.6) is 0 Å². The van der Waals surface area contributed by atoms with Crippen LogP contribution in [0, 0.1) is 12.8 Å². The van der Waals surface area contributed by atoms with Crippen LogP contribution >= 0.6 is 11.3 Å². The maximum atomic E-state index is 12.2. The normalized spacial score (nSPS) is 15.1. The molecule has 0 aliphatic heterocycles. The van der Waals surface area contributed by atoms with Crippen LogP contribution in [0.3, 0.4) is 0 Å². The molecule has 1 saturated carbocycles. The largest absolute Gasteiger partial charge is 0.392 e. The third-order valence-corrected chi connectivity index (χ3v) is 5.19. The number of nitrogens with zero attached hydrogens (tertiary/aromatic N) is 1. The Morgan fingerprint density at radius 3 is 2.62 bits per heavy atom. The quantitative estimate of drug-likeness (QED) is 0.722. The van der Waals surface area contributed by atoms with Gasteiger partial charge in [-0.05, 0) is 43.2 Å². The lowest BCUT2D eigenvalue weighted by Crippen LogP contribution is -2.39. The van der Waals surface area contributed by atoms with E-state index in [2.05, 4.69) is 15.6 Å². The second-order valence-corrected chi connectivity index (χ2v) is 7.52. The highest BCUT2D eigenvalue weighted by molar-refractivity contribution is 7.11. The molecule has 128 valence electrons. The van der Waals surface area contributed by atoms with Gasteiger partial charge in [0.25, 0.3) is 0 Å². The van der Waals surface area contributed by atoms with E-state index in [-0.39, 0.29) is 18.7 Å². The number of amides is 2. The van der Waals surface area contributed by atoms with Gasteiger partial charge in [-0.2, -0.15) is 0 Å². The summed E-state index contributed by atoms with van der Waals surface area (Å²) in [5.41, 5.74) is 2.04. The van der Waals surface area contributed by atoms with Crippen LogP contribution in [0.4, 0.5) is 4.79 Å². The molecule has 0 saturated heterocycles. The SMILES string of the molecule is Cc1cnc(C(NC(=O)NCCc2ccc(CO)cc2)C2CC2)s1. The Morgan fingerprint density at radius 2 is 2.04 bits per heavy atom. The number of nitrogens with one attached hydrogen (secondary N) is 2. The predicted molar refractivity (Wildman–Crippen MR) is 94.9 cm³/mol. The summed E-state index contributed by atoms with van der Waals surface area (Å²) in [7, 11) is 0. The highest BCUT2D eigenvalue weighted by Gasteiger charge is 2.35. The van der Waals surface area contributed by atoms with E-state index in [1.54, 1.807) is 11.3 Å². The lowest BCUT2D eigenvalue weighted by molar-refractivity contribution is 0.235. The molecule has 1 aliphatic rings. The fourth-order valence-corrected chi connectivity index (χ4v) is 3.57. The van der Waals surface area contributed by atoms with E-state index in [1.165, 1.54) is 4.88 Å². The Balaban J connectivity index is 1.47. The van der Waals surface area contributed by atoms with Gasteiger partial charge in [0, 0.05) is 17.6 Å². The topological polar surface area (TPSA) is 74.2 Å². The maximum absolute atomic E-state index is 12.2. The van der Waals surface area contributed by atoms with Gasteiger partial charge in [-0.3, -0.25) is 0 Å². The first-order valence-electron chi connectivity index (χ1n) is 8.31. The third-order valence-electron chi connectivity index (χ3n) is 4.19. The molecule has 6 heteroatoms. The van der Waals surface area contributed by atoms with Crippen LogP contribution in [-0.2, 0) is 13.0 Å². The van der Waals surface area contributed by atoms with Crippen LogP contribution in [-0.4, -0.2) is 22.7 Å². The summed E-state index contributed by atoms with van der Waals surface area (Å²) < 4.78 is 0. The van der Waals surface area contributed by atoms with Gasteiger partial charge < -0.3 is 15.7 Å². The first kappa shape index (κ1) is 16.9. The van der Waals surface area contributed by atoms with E-state index < -0.39 is 0 Å². The van der Waals surface area contributed by atoms with Crippen LogP contribution in [0.2, 0.25) is 0 Å². The van der Waals surface area contributed by atoms with Crippen molar-refractivity contribution in [2.45, 2.75) is 38.8 Å². The molecule has 1 aromatic heterocycles. The molecule has 1 heterocycles. The van der Waals surface area contributed by atoms with Crippen LogP contribution in [0.25, 0.3) is 0 Å². The average molecular weight is 345 g/mol. The molecule has 1 atom stereocenters. The predicted octanol–water partition coefficient (Wildman–Crippen LogP) is 2.94. The minimum Gasteiger partial charge on any atom is -0.392 e. The first-order valence-corrected chi connectivity index (χ1v) is 9.12. The highest BCUT2D eigenvalue weighted by Crippen LogP contribution is 2.41. The average Bonchev–Trinajstić information content (AvgIpc) is 3.34. The summed E-state index contributed by atoms with van der Waals surface area (Å²) in [6.45, 7) is 2.67. The number of aliphatic hydroxyl groups excluding tert-OH is 1. The molecule has 3 rings (SSSR count). The number of hydrogen-bond acceptors (Lipinski definition) is 4. The summed E-state index contributed by atoms with van der Waals surface area (Å²) in [6, 6.07) is 7.68. The Kier molecular flexibility index (Phi) is 5.48. The lowest BCUT2D eigenvalue weighted by Gasteiger charge is -2.16. The number of aromatic nitrogens is 1. The van der Waals surface area contributed by atoms with Gasteiger partial charge in [0.15, 0.2) is 0 Å². The van der Waals surface area contributed by atoms with Crippen molar-refractivity contribution in [1.82, 2.24) is 15.6 Å². The number of carbonyl (C=O) groups is 1. The molecule has 0 radical (unpaired) electrons. The van der Waals surface area contributed by atoms with Crippen LogP contribution < -0.4 is 10.6 Å². The molecule has 0 bridgehead atoms. The number of carbonyl (C=O) groups excluding carboxylic acids is 1. The Labute approximate surface area is 146 Å². The minimum absolute atomic E-state index is 0.0348. The fraction of sp³-hybridized carbons (Fsp3) is 0.444. The zero-order valence-electron chi connectivity index (χ0n) is 13.8.